The van der Waals surface area contributed by atoms with E-state index in [1.54, 1.807) is 0 Å². The second-order valence-electron chi connectivity index (χ2n) is 0.495. The highest BCUT2D eigenvalue weighted by Gasteiger charge is 1.91. The normalized spacial score (nSPS) is 6.30. The van der Waals surface area contributed by atoms with Crippen molar-refractivity contribution in [2.24, 2.45) is 0 Å². The van der Waals surface area contributed by atoms with Crippen molar-refractivity contribution < 1.29 is 0 Å². The molecule has 0 aromatic rings. The van der Waals surface area contributed by atoms with Crippen LogP contribution in [-0.2, 0) is 0 Å². The predicted molar refractivity (Wildman–Crippen MR) is 54.0 cm³/mol. The lowest BCUT2D eigenvalue weighted by atomic mass is 10.7. The molecule has 9 heteroatoms. The lowest BCUT2D eigenvalue weighted by Gasteiger charge is -1.69. The van der Waals surface area contributed by atoms with Gasteiger partial charge in [-0.3, -0.25) is 0 Å². The van der Waals surface area contributed by atoms with Crippen LogP contribution in [0.15, 0.2) is 0 Å². The fourth-order valence-electron chi connectivity index (χ4n) is 0. The van der Waals surface area contributed by atoms with Gasteiger partial charge in [0.15, 0.2) is 4.30 Å². The summed E-state index contributed by atoms with van der Waals surface area (Å²) in [7, 11) is 0. The number of rotatable bonds is 0. The van der Waals surface area contributed by atoms with Crippen LogP contribution in [0.1, 0.15) is 0 Å². The number of alkyl halides is 3. The highest BCUT2D eigenvalue weighted by atomic mass is 35.6. The van der Waals surface area contributed by atoms with E-state index in [1.807, 2.05) is 0 Å². The van der Waals surface area contributed by atoms with Crippen LogP contribution in [0.5, 0.6) is 0 Å². The number of nitrogens with zero attached hydrogens (tertiary/aromatic N) is 1. The summed E-state index contributed by atoms with van der Waals surface area (Å²) in [6.07, 6.45) is 0. The Labute approximate surface area is 96.4 Å². The van der Waals surface area contributed by atoms with Crippen molar-refractivity contribution in [2.45, 2.75) is 4.30 Å². The molecule has 0 saturated heterocycles. The van der Waals surface area contributed by atoms with Gasteiger partial charge in [0, 0.05) is 6.15 Å². The van der Waals surface area contributed by atoms with Gasteiger partial charge >= 0.3 is 4.96 Å². The Morgan fingerprint density at radius 1 is 0.900 bits per heavy atom. The van der Waals surface area contributed by atoms with Crippen LogP contribution in [-0.4, -0.2) is 9.25 Å². The maximum absolute atomic E-state index is 4.81. The predicted octanol–water partition coefficient (Wildman–Crippen LogP) is 3.62. The SMILES string of the molecule is Cl.ClB(Cl)Cl.ClC(Cl)Cl.[N]. The van der Waals surface area contributed by atoms with Gasteiger partial charge < -0.3 is 0 Å². The fraction of sp³-hybridized carbons (Fsp3) is 1.00. The molecule has 0 saturated carbocycles. The Morgan fingerprint density at radius 2 is 0.900 bits per heavy atom. The molecule has 0 aliphatic carbocycles. The number of hydrogen-bond acceptors (Lipinski definition) is 0. The van der Waals surface area contributed by atoms with E-state index in [-0.39, 0.29) is 18.6 Å². The van der Waals surface area contributed by atoms with Crippen LogP contribution >= 0.6 is 81.6 Å². The molecule has 0 unspecified atom stereocenters. The zero-order chi connectivity index (χ0) is 7.15. The first kappa shape index (κ1) is 22.7. The van der Waals surface area contributed by atoms with E-state index < -0.39 is 9.25 Å². The molecule has 63 valence electrons. The smallest absolute Gasteiger partial charge is 0.150 e. The summed E-state index contributed by atoms with van der Waals surface area (Å²) in [4.78, 5) is -0.750. The summed E-state index contributed by atoms with van der Waals surface area (Å²) in [6.45, 7) is 0. The van der Waals surface area contributed by atoms with Crippen molar-refractivity contribution in [3.05, 3.63) is 0 Å². The quantitative estimate of drug-likeness (QED) is 0.481. The van der Waals surface area contributed by atoms with Crippen LogP contribution in [0.3, 0.4) is 0 Å². The first-order valence-electron chi connectivity index (χ1n) is 1.31. The van der Waals surface area contributed by atoms with Crippen molar-refractivity contribution in [2.75, 3.05) is 0 Å². The zero-order valence-corrected chi connectivity index (χ0v) is 9.63. The van der Waals surface area contributed by atoms with E-state index >= 15 is 0 Å². The third-order valence-corrected chi connectivity index (χ3v) is 0. The molecule has 0 aromatic heterocycles. The van der Waals surface area contributed by atoms with Crippen LogP contribution < -0.4 is 6.15 Å². The van der Waals surface area contributed by atoms with E-state index in [9.17, 15) is 0 Å². The molecule has 0 amide bonds. The largest absolute Gasteiger partial charge is 0.450 e. The van der Waals surface area contributed by atoms with E-state index in [1.165, 1.54) is 0 Å². The summed E-state index contributed by atoms with van der Waals surface area (Å²) in [5.41, 5.74) is 0. The van der Waals surface area contributed by atoms with Crippen LogP contribution in [0.4, 0.5) is 0 Å². The van der Waals surface area contributed by atoms with Gasteiger partial charge in [-0.05, 0) is 0 Å². The molecule has 0 aliphatic rings. The standard InChI is InChI=1S/CHCl3.BCl3.ClH.N/c2*2-1(3)4;;/h1H;;1H;. The highest BCUT2D eigenvalue weighted by Crippen LogP contribution is 2.03. The van der Waals surface area contributed by atoms with Crippen molar-refractivity contribution in [1.29, 1.82) is 0 Å². The molecule has 0 fully saturated rings. The highest BCUT2D eigenvalue weighted by molar-refractivity contribution is 7.54. The number of halogens is 7. The molecule has 0 rings (SSSR count). The zero-order valence-electron chi connectivity index (χ0n) is 4.28. The monoisotopic (exact) mass is 284 g/mol. The van der Waals surface area contributed by atoms with Crippen molar-refractivity contribution >= 4 is 86.5 Å². The van der Waals surface area contributed by atoms with E-state index in [4.69, 9.17) is 69.2 Å². The molecule has 0 atom stereocenters. The lowest BCUT2D eigenvalue weighted by molar-refractivity contribution is 1.96. The third-order valence-electron chi connectivity index (χ3n) is 0. The van der Waals surface area contributed by atoms with Crippen molar-refractivity contribution in [3.8, 4) is 0 Å². The summed E-state index contributed by atoms with van der Waals surface area (Å²) < 4.78 is -0.750. The van der Waals surface area contributed by atoms with Gasteiger partial charge in [-0.25, -0.2) is 0 Å². The second-order valence-corrected chi connectivity index (χ2v) is 4.45. The molecule has 10 heavy (non-hydrogen) atoms. The Morgan fingerprint density at radius 3 is 0.900 bits per heavy atom. The van der Waals surface area contributed by atoms with Gasteiger partial charge in [-0.1, -0.05) is 34.8 Å². The topological polar surface area (TPSA) is 30.5 Å². The van der Waals surface area contributed by atoms with Crippen molar-refractivity contribution in [3.63, 3.8) is 0 Å². The maximum Gasteiger partial charge on any atom is 0.450 e. The average molecular weight is 287 g/mol. The van der Waals surface area contributed by atoms with Crippen molar-refractivity contribution in [1.82, 2.24) is 6.15 Å². The molecular weight excluding hydrogens is 285 g/mol. The first-order chi connectivity index (χ1) is 3.46. The van der Waals surface area contributed by atoms with Gasteiger partial charge in [0.05, 0.1) is 0 Å². The average Bonchev–Trinajstić information content (AvgIpc) is 1.25. The summed E-state index contributed by atoms with van der Waals surface area (Å²) in [5, 5.41) is 0. The Bertz CT molecular complexity index is 29.1. The fourth-order valence-corrected chi connectivity index (χ4v) is 0. The molecule has 0 aromatic carbocycles. The Balaban J connectivity index is -0.0000000300. The third kappa shape index (κ3) is 195. The lowest BCUT2D eigenvalue weighted by Crippen LogP contribution is -1.66. The number of hydrogen-bond donors (Lipinski definition) is 0. The molecule has 0 aliphatic heterocycles. The Hall–Kier alpha value is 2.05. The first-order valence-corrected chi connectivity index (χ1v) is 3.93. The second kappa shape index (κ2) is 17.2. The molecular formula is CH2BCl7N. The van der Waals surface area contributed by atoms with Gasteiger partial charge in [0.1, 0.15) is 0 Å². The molecule has 0 N–H and O–H groups in total. The van der Waals surface area contributed by atoms with Gasteiger partial charge in [-0.15, -0.1) is 12.4 Å². The summed E-state index contributed by atoms with van der Waals surface area (Å²) >= 11 is 28.8. The minimum atomic E-state index is -0.750. The van der Waals surface area contributed by atoms with Crippen LogP contribution in [0.2, 0.25) is 0 Å². The van der Waals surface area contributed by atoms with Crippen LogP contribution in [0, 0.1) is 0 Å². The van der Waals surface area contributed by atoms with Crippen LogP contribution in [0.25, 0.3) is 0 Å². The van der Waals surface area contributed by atoms with Gasteiger partial charge in [0.25, 0.3) is 0 Å². The molecule has 0 heterocycles. The molecule has 0 spiro atoms. The summed E-state index contributed by atoms with van der Waals surface area (Å²) in [6, 6.07) is 0. The summed E-state index contributed by atoms with van der Waals surface area (Å²) in [5.74, 6) is 0. The van der Waals surface area contributed by atoms with Gasteiger partial charge in [-0.2, -0.15) is 34.4 Å². The molecule has 0 bridgehead atoms. The minimum absolute atomic E-state index is 0. The molecule has 3 radical (unpaired) electrons. The van der Waals surface area contributed by atoms with E-state index in [2.05, 4.69) is 0 Å². The van der Waals surface area contributed by atoms with E-state index in [0.29, 0.717) is 0 Å². The van der Waals surface area contributed by atoms with E-state index in [0.717, 1.165) is 0 Å². The Kier molecular flexibility index (Phi) is 39.1. The minimum Gasteiger partial charge on any atom is -0.150 e. The van der Waals surface area contributed by atoms with Gasteiger partial charge in [0.2, 0.25) is 0 Å². The maximum atomic E-state index is 4.81. The molecule has 1 nitrogen and oxygen atoms in total.